The number of carbonyl (C=O) groups excluding carboxylic acids is 1. The Balaban J connectivity index is 2.22. The molecule has 1 rings (SSSR count). The van der Waals surface area contributed by atoms with Gasteiger partial charge >= 0.3 is 5.97 Å². The molecule has 1 N–H and O–H groups in total. The summed E-state index contributed by atoms with van der Waals surface area (Å²) in [6, 6.07) is -0.326. The molecular formula is C10H19NO5S. The minimum absolute atomic E-state index is 0.00750. The average Bonchev–Trinajstić information content (AvgIpc) is 2.23. The van der Waals surface area contributed by atoms with Crippen LogP contribution in [0.25, 0.3) is 0 Å². The molecule has 100 valence electrons. The van der Waals surface area contributed by atoms with Crippen molar-refractivity contribution in [1.29, 1.82) is 0 Å². The highest BCUT2D eigenvalue weighted by Crippen LogP contribution is 2.05. The molecule has 0 aromatic rings. The van der Waals surface area contributed by atoms with E-state index in [2.05, 4.69) is 5.32 Å². The fourth-order valence-corrected chi connectivity index (χ4v) is 3.06. The zero-order valence-electron chi connectivity index (χ0n) is 9.98. The Morgan fingerprint density at radius 2 is 2.18 bits per heavy atom. The van der Waals surface area contributed by atoms with Gasteiger partial charge in [-0.3, -0.25) is 4.79 Å². The summed E-state index contributed by atoms with van der Waals surface area (Å²) < 4.78 is 32.6. The zero-order valence-corrected chi connectivity index (χ0v) is 10.8. The van der Waals surface area contributed by atoms with Gasteiger partial charge in [0.1, 0.15) is 6.61 Å². The molecule has 0 aliphatic carbocycles. The number of hydrogen-bond donors (Lipinski definition) is 1. The van der Waals surface area contributed by atoms with Crippen LogP contribution < -0.4 is 5.32 Å². The minimum atomic E-state index is -3.00. The van der Waals surface area contributed by atoms with Crippen LogP contribution in [-0.2, 0) is 24.1 Å². The number of nitrogens with one attached hydrogen (secondary N) is 1. The Morgan fingerprint density at radius 3 is 2.82 bits per heavy atom. The van der Waals surface area contributed by atoms with Crippen LogP contribution in [0.3, 0.4) is 0 Å². The van der Waals surface area contributed by atoms with Gasteiger partial charge in [-0.05, 0) is 6.92 Å². The van der Waals surface area contributed by atoms with Gasteiger partial charge in [-0.25, -0.2) is 8.42 Å². The number of ether oxygens (including phenoxy) is 2. The molecule has 0 aromatic heterocycles. The van der Waals surface area contributed by atoms with Crippen LogP contribution in [0.15, 0.2) is 0 Å². The van der Waals surface area contributed by atoms with E-state index in [1.54, 1.807) is 0 Å². The molecule has 7 heteroatoms. The van der Waals surface area contributed by atoms with Gasteiger partial charge < -0.3 is 14.8 Å². The van der Waals surface area contributed by atoms with E-state index < -0.39 is 9.84 Å². The molecular weight excluding hydrogens is 246 g/mol. The fourth-order valence-electron chi connectivity index (χ4n) is 1.62. The second-order valence-electron chi connectivity index (χ2n) is 3.89. The minimum Gasteiger partial charge on any atom is -0.463 e. The molecule has 0 bridgehead atoms. The number of esters is 1. The third-order valence-corrected chi connectivity index (χ3v) is 4.15. The highest BCUT2D eigenvalue weighted by Gasteiger charge is 2.26. The first-order valence-electron chi connectivity index (χ1n) is 5.70. The molecule has 1 saturated heterocycles. The third kappa shape index (κ3) is 5.99. The lowest BCUT2D eigenvalue weighted by atomic mass is 10.2. The highest BCUT2D eigenvalue weighted by atomic mass is 32.2. The summed E-state index contributed by atoms with van der Waals surface area (Å²) in [6.45, 7) is 3.43. The lowest BCUT2D eigenvalue weighted by Crippen LogP contribution is -2.46. The van der Waals surface area contributed by atoms with Gasteiger partial charge in [-0.2, -0.15) is 0 Å². The van der Waals surface area contributed by atoms with E-state index in [1.165, 1.54) is 0 Å². The van der Waals surface area contributed by atoms with E-state index in [9.17, 15) is 13.2 Å². The SMILES string of the molecule is CCOCCOC(=O)CC1CS(=O)(=O)CCN1. The molecule has 1 unspecified atom stereocenters. The van der Waals surface area contributed by atoms with E-state index in [1.807, 2.05) is 6.92 Å². The summed E-state index contributed by atoms with van der Waals surface area (Å²) in [5.41, 5.74) is 0. The molecule has 1 atom stereocenters. The topological polar surface area (TPSA) is 81.7 Å². The van der Waals surface area contributed by atoms with Crippen LogP contribution in [0, 0.1) is 0 Å². The predicted octanol–water partition coefficient (Wildman–Crippen LogP) is -0.657. The largest absolute Gasteiger partial charge is 0.463 e. The summed E-state index contributed by atoms with van der Waals surface area (Å²) in [7, 11) is -3.00. The van der Waals surface area contributed by atoms with Crippen molar-refractivity contribution in [3.63, 3.8) is 0 Å². The second-order valence-corrected chi connectivity index (χ2v) is 6.12. The zero-order chi connectivity index (χ0) is 12.7. The number of sulfone groups is 1. The Kier molecular flexibility index (Phi) is 5.87. The Morgan fingerprint density at radius 1 is 1.41 bits per heavy atom. The summed E-state index contributed by atoms with van der Waals surface area (Å²) in [4.78, 5) is 11.4. The van der Waals surface area contributed by atoms with Crippen molar-refractivity contribution < 1.29 is 22.7 Å². The monoisotopic (exact) mass is 265 g/mol. The van der Waals surface area contributed by atoms with Crippen LogP contribution in [-0.4, -0.2) is 58.3 Å². The molecule has 0 amide bonds. The summed E-state index contributed by atoms with van der Waals surface area (Å²) in [5, 5.41) is 3.00. The average molecular weight is 265 g/mol. The molecule has 1 aliphatic rings. The van der Waals surface area contributed by atoms with Gasteiger partial charge in [0.2, 0.25) is 0 Å². The van der Waals surface area contributed by atoms with E-state index in [-0.39, 0.29) is 36.5 Å². The van der Waals surface area contributed by atoms with Crippen molar-refractivity contribution in [2.45, 2.75) is 19.4 Å². The Labute approximate surface area is 102 Å². The molecule has 6 nitrogen and oxygen atoms in total. The maximum atomic E-state index is 11.4. The van der Waals surface area contributed by atoms with Crippen molar-refractivity contribution >= 4 is 15.8 Å². The standard InChI is InChI=1S/C10H19NO5S/c1-2-15-4-5-16-10(12)7-9-8-17(13,14)6-3-11-9/h9,11H,2-8H2,1H3. The first-order chi connectivity index (χ1) is 8.03. The molecule has 17 heavy (non-hydrogen) atoms. The van der Waals surface area contributed by atoms with Crippen molar-refractivity contribution in [3.05, 3.63) is 0 Å². The van der Waals surface area contributed by atoms with Gasteiger partial charge in [0.15, 0.2) is 9.84 Å². The third-order valence-electron chi connectivity index (χ3n) is 2.41. The fraction of sp³-hybridized carbons (Fsp3) is 0.900. The molecule has 0 saturated carbocycles. The molecule has 1 aliphatic heterocycles. The first-order valence-corrected chi connectivity index (χ1v) is 7.53. The van der Waals surface area contributed by atoms with E-state index in [0.29, 0.717) is 19.8 Å². The van der Waals surface area contributed by atoms with Crippen molar-refractivity contribution in [2.24, 2.45) is 0 Å². The van der Waals surface area contributed by atoms with Crippen LogP contribution >= 0.6 is 0 Å². The van der Waals surface area contributed by atoms with Gasteiger partial charge in [0.25, 0.3) is 0 Å². The molecule has 0 radical (unpaired) electrons. The van der Waals surface area contributed by atoms with Crippen molar-refractivity contribution in [2.75, 3.05) is 37.9 Å². The van der Waals surface area contributed by atoms with Crippen LogP contribution in [0.1, 0.15) is 13.3 Å². The first kappa shape index (κ1) is 14.4. The van der Waals surface area contributed by atoms with Gasteiger partial charge in [-0.1, -0.05) is 0 Å². The maximum absolute atomic E-state index is 11.4. The Bertz CT molecular complexity index is 341. The quantitative estimate of drug-likeness (QED) is 0.507. The van der Waals surface area contributed by atoms with Crippen molar-refractivity contribution in [3.8, 4) is 0 Å². The van der Waals surface area contributed by atoms with Crippen LogP contribution in [0.5, 0.6) is 0 Å². The van der Waals surface area contributed by atoms with Crippen LogP contribution in [0.2, 0.25) is 0 Å². The van der Waals surface area contributed by atoms with Gasteiger partial charge in [0.05, 0.1) is 24.5 Å². The molecule has 1 fully saturated rings. The summed E-state index contributed by atoms with van der Waals surface area (Å²) in [6.07, 6.45) is 0.0886. The maximum Gasteiger partial charge on any atom is 0.307 e. The van der Waals surface area contributed by atoms with E-state index in [4.69, 9.17) is 9.47 Å². The van der Waals surface area contributed by atoms with Gasteiger partial charge in [0, 0.05) is 19.2 Å². The summed E-state index contributed by atoms with van der Waals surface area (Å²) >= 11 is 0. The normalized spacial score (nSPS) is 23.2. The smallest absolute Gasteiger partial charge is 0.307 e. The van der Waals surface area contributed by atoms with E-state index >= 15 is 0 Å². The molecule has 0 aromatic carbocycles. The van der Waals surface area contributed by atoms with Gasteiger partial charge in [-0.15, -0.1) is 0 Å². The van der Waals surface area contributed by atoms with E-state index in [0.717, 1.165) is 0 Å². The Hall–Kier alpha value is -0.660. The predicted molar refractivity (Wildman–Crippen MR) is 62.5 cm³/mol. The van der Waals surface area contributed by atoms with Crippen molar-refractivity contribution in [1.82, 2.24) is 5.32 Å². The molecule has 1 heterocycles. The second kappa shape index (κ2) is 6.93. The molecule has 0 spiro atoms. The summed E-state index contributed by atoms with van der Waals surface area (Å²) in [5.74, 6) is -0.240. The number of hydrogen-bond acceptors (Lipinski definition) is 6. The highest BCUT2D eigenvalue weighted by molar-refractivity contribution is 7.91. The lowest BCUT2D eigenvalue weighted by molar-refractivity contribution is -0.145. The lowest BCUT2D eigenvalue weighted by Gasteiger charge is -2.22. The number of rotatable bonds is 6. The van der Waals surface area contributed by atoms with Crippen LogP contribution in [0.4, 0.5) is 0 Å². The number of carbonyl (C=O) groups is 1.